The van der Waals surface area contributed by atoms with Gasteiger partial charge in [-0.1, -0.05) is 57.2 Å². The number of amides is 5. The van der Waals surface area contributed by atoms with Gasteiger partial charge >= 0.3 is 11.6 Å². The van der Waals surface area contributed by atoms with Gasteiger partial charge in [0.05, 0.1) is 28.2 Å². The van der Waals surface area contributed by atoms with Crippen molar-refractivity contribution in [1.29, 1.82) is 0 Å². The maximum Gasteiger partial charge on any atom is 0.340 e. The van der Waals surface area contributed by atoms with Crippen LogP contribution in [0, 0.1) is 19.3 Å². The van der Waals surface area contributed by atoms with E-state index in [1.165, 1.54) is 4.90 Å². The predicted octanol–water partition coefficient (Wildman–Crippen LogP) is 6.69. The highest BCUT2D eigenvalue weighted by Gasteiger charge is 2.44. The van der Waals surface area contributed by atoms with Crippen LogP contribution >= 0.6 is 11.3 Å². The molecule has 0 bridgehead atoms. The second kappa shape index (κ2) is 22.4. The topological polar surface area (TPSA) is 235 Å². The molecule has 5 amide bonds. The Morgan fingerprint density at radius 3 is 2.36 bits per heavy atom. The molecule has 4 heterocycles. The fourth-order valence-corrected chi connectivity index (χ4v) is 9.12. The summed E-state index contributed by atoms with van der Waals surface area (Å²) in [4.78, 5) is 94.6. The van der Waals surface area contributed by atoms with E-state index in [9.17, 15) is 33.9 Å². The summed E-state index contributed by atoms with van der Waals surface area (Å²) in [5.41, 5.74) is 6.33. The normalized spacial score (nSPS) is 15.5. The van der Waals surface area contributed by atoms with Crippen molar-refractivity contribution in [2.45, 2.75) is 104 Å². The summed E-state index contributed by atoms with van der Waals surface area (Å²) in [6.07, 6.45) is 2.62. The number of carbonyl (C=O) groups excluding carboxylic acids is 5. The van der Waals surface area contributed by atoms with E-state index in [0.29, 0.717) is 29.0 Å². The molecule has 0 unspecified atom stereocenters. The number of likely N-dealkylation sites (tertiary alicyclic amines) is 1. The largest absolute Gasteiger partial charge is 0.424 e. The van der Waals surface area contributed by atoms with Gasteiger partial charge in [-0.05, 0) is 85.2 Å². The predicted molar refractivity (Wildman–Crippen MR) is 265 cm³/mol. The van der Waals surface area contributed by atoms with Crippen molar-refractivity contribution in [3.05, 3.63) is 129 Å². The number of anilines is 1. The molecule has 0 spiro atoms. The molecule has 1 fully saturated rings. The number of carbonyl (C=O) groups is 5. The zero-order valence-electron chi connectivity index (χ0n) is 40.0. The van der Waals surface area contributed by atoms with Gasteiger partial charge in [0.1, 0.15) is 23.4 Å². The standard InChI is InChI=1S/C52H58N8O9S/c1-30-39-18-17-38(68-51-54-22-9-23-55-51)27-42(39)69-50(67)40(30)25-33-10-7-11-36(24-33)58-44(63)12-8-21-53-43(62)19-20-45(64)59-47(52(4,5)6)49(66)60-28-37(61)26-41(60)48(65)57-31(2)34-13-15-35(16-14-34)46-32(3)56-29-70-46/h7,9-11,13-18,22-24,27,29,31,37,41,47,61H,8,12,19-21,25-26,28H2,1-6H3,(H,53,62)(H,57,65)(H,58,63)(H,59,64)/t31-,37+,41-,47+/m0/s1. The molecule has 1 aliphatic rings. The summed E-state index contributed by atoms with van der Waals surface area (Å²) in [7, 11) is 0. The van der Waals surface area contributed by atoms with Crippen LogP contribution in [0.4, 0.5) is 5.69 Å². The van der Waals surface area contributed by atoms with Crippen LogP contribution in [0.1, 0.15) is 93.8 Å². The molecule has 18 heteroatoms. The van der Waals surface area contributed by atoms with E-state index in [0.717, 1.165) is 38.2 Å². The van der Waals surface area contributed by atoms with E-state index in [4.69, 9.17) is 9.15 Å². The van der Waals surface area contributed by atoms with Gasteiger partial charge in [0.15, 0.2) is 0 Å². The molecule has 5 N–H and O–H groups in total. The number of aliphatic hydroxyl groups excluding tert-OH is 1. The number of hydrogen-bond acceptors (Lipinski definition) is 13. The van der Waals surface area contributed by atoms with Crippen LogP contribution in [0.3, 0.4) is 0 Å². The lowest BCUT2D eigenvalue weighted by atomic mass is 9.85. The van der Waals surface area contributed by atoms with Gasteiger partial charge in [-0.15, -0.1) is 11.3 Å². The van der Waals surface area contributed by atoms with Crippen LogP contribution in [0.25, 0.3) is 21.4 Å². The molecule has 1 aliphatic heterocycles. The summed E-state index contributed by atoms with van der Waals surface area (Å²) < 4.78 is 11.4. The van der Waals surface area contributed by atoms with Gasteiger partial charge in [0.25, 0.3) is 0 Å². The lowest BCUT2D eigenvalue weighted by Gasteiger charge is -2.35. The van der Waals surface area contributed by atoms with Gasteiger partial charge in [-0.2, -0.15) is 0 Å². The number of aliphatic hydroxyl groups is 1. The number of thiazole rings is 1. The Bertz CT molecular complexity index is 2920. The van der Waals surface area contributed by atoms with E-state index >= 15 is 0 Å². The molecular weight excluding hydrogens is 913 g/mol. The number of nitrogens with one attached hydrogen (secondary N) is 4. The summed E-state index contributed by atoms with van der Waals surface area (Å²) in [5.74, 6) is -1.67. The maximum atomic E-state index is 14.1. The second-order valence-corrected chi connectivity index (χ2v) is 19.4. The number of aromatic nitrogens is 3. The zero-order chi connectivity index (χ0) is 50.1. The minimum absolute atomic E-state index is 0.0494. The highest BCUT2D eigenvalue weighted by molar-refractivity contribution is 7.13. The minimum Gasteiger partial charge on any atom is -0.424 e. The Morgan fingerprint density at radius 1 is 0.900 bits per heavy atom. The smallest absolute Gasteiger partial charge is 0.340 e. The summed E-state index contributed by atoms with van der Waals surface area (Å²) in [6.45, 7) is 11.2. The molecule has 17 nitrogen and oxygen atoms in total. The van der Waals surface area contributed by atoms with Crippen molar-refractivity contribution in [3.63, 3.8) is 0 Å². The molecular formula is C52H58N8O9S. The van der Waals surface area contributed by atoms with Gasteiger partial charge < -0.3 is 40.4 Å². The molecule has 70 heavy (non-hydrogen) atoms. The first-order valence-electron chi connectivity index (χ1n) is 23.2. The SMILES string of the molecule is Cc1ncsc1-c1ccc([C@H](C)NC(=O)[C@@H]2C[C@@H](O)CN2C(=O)[C@@H](NC(=O)CCC(=O)NCCCC(=O)Nc2cccc(Cc3c(C)c4ccc(Oc5ncccn5)cc4oc3=O)c2)C(C)(C)C)cc1. The van der Waals surface area contributed by atoms with Crippen molar-refractivity contribution in [3.8, 4) is 22.2 Å². The lowest BCUT2D eigenvalue weighted by molar-refractivity contribution is -0.144. The van der Waals surface area contributed by atoms with Gasteiger partial charge in [-0.3, -0.25) is 24.0 Å². The first-order chi connectivity index (χ1) is 33.4. The van der Waals surface area contributed by atoms with E-state index in [2.05, 4.69) is 36.2 Å². The zero-order valence-corrected chi connectivity index (χ0v) is 40.9. The third-order valence-corrected chi connectivity index (χ3v) is 13.1. The molecule has 4 atom stereocenters. The molecule has 366 valence electrons. The third kappa shape index (κ3) is 12.9. The Labute approximate surface area is 409 Å². The first-order valence-corrected chi connectivity index (χ1v) is 24.1. The van der Waals surface area contributed by atoms with Crippen LogP contribution < -0.4 is 31.6 Å². The molecule has 0 radical (unpaired) electrons. The fraction of sp³-hybridized carbons (Fsp3) is 0.365. The van der Waals surface area contributed by atoms with Gasteiger partial charge in [0.2, 0.25) is 29.5 Å². The van der Waals surface area contributed by atoms with Crippen LogP contribution in [-0.4, -0.2) is 85.8 Å². The fourth-order valence-electron chi connectivity index (χ4n) is 8.31. The summed E-state index contributed by atoms with van der Waals surface area (Å²) in [6, 6.07) is 19.7. The van der Waals surface area contributed by atoms with Crippen LogP contribution in [0.2, 0.25) is 0 Å². The van der Waals surface area contributed by atoms with E-state index < -0.39 is 52.9 Å². The van der Waals surface area contributed by atoms with Crippen LogP contribution in [0.15, 0.2) is 99.9 Å². The maximum absolute atomic E-state index is 14.1. The highest BCUT2D eigenvalue weighted by atomic mass is 32.1. The van der Waals surface area contributed by atoms with Gasteiger partial charge in [0, 0.05) is 80.3 Å². The number of β-amino-alcohol motifs (C(OH)–C–C–N with tert-alkyl or cyclic N) is 1. The Morgan fingerprint density at radius 2 is 1.64 bits per heavy atom. The number of aryl methyl sites for hydroxylation is 2. The summed E-state index contributed by atoms with van der Waals surface area (Å²) in [5, 5.41) is 22.8. The number of rotatable bonds is 18. The Kier molecular flexibility index (Phi) is 16.2. The van der Waals surface area contributed by atoms with Crippen molar-refractivity contribution in [2.75, 3.05) is 18.4 Å². The summed E-state index contributed by atoms with van der Waals surface area (Å²) >= 11 is 1.56. The molecule has 3 aromatic heterocycles. The molecule has 0 saturated carbocycles. The van der Waals surface area contributed by atoms with Crippen molar-refractivity contribution < 1.29 is 38.2 Å². The van der Waals surface area contributed by atoms with Crippen molar-refractivity contribution >= 4 is 57.5 Å². The second-order valence-electron chi connectivity index (χ2n) is 18.5. The monoisotopic (exact) mass is 970 g/mol. The molecule has 7 rings (SSSR count). The highest BCUT2D eigenvalue weighted by Crippen LogP contribution is 2.31. The van der Waals surface area contributed by atoms with Crippen LogP contribution in [-0.2, 0) is 30.4 Å². The number of nitrogens with zero attached hydrogens (tertiary/aromatic N) is 4. The number of ether oxygens (including phenoxy) is 1. The molecule has 6 aromatic rings. The molecule has 1 saturated heterocycles. The van der Waals surface area contributed by atoms with E-state index in [1.807, 2.05) is 57.2 Å². The number of hydrogen-bond donors (Lipinski definition) is 5. The van der Waals surface area contributed by atoms with E-state index in [1.54, 1.807) is 86.4 Å². The average Bonchev–Trinajstić information content (AvgIpc) is 3.95. The number of benzene rings is 3. The Hall–Kier alpha value is -7.31. The lowest BCUT2D eigenvalue weighted by Crippen LogP contribution is -2.57. The number of fused-ring (bicyclic) bond motifs is 1. The van der Waals surface area contributed by atoms with Crippen molar-refractivity contribution in [1.82, 2.24) is 35.8 Å². The van der Waals surface area contributed by atoms with E-state index in [-0.39, 0.29) is 63.2 Å². The van der Waals surface area contributed by atoms with Crippen LogP contribution in [0.5, 0.6) is 11.8 Å². The molecule has 0 aliphatic carbocycles. The Balaban J connectivity index is 0.842. The molecule has 3 aromatic carbocycles. The quantitative estimate of drug-likeness (QED) is 0.0448. The third-order valence-electron chi connectivity index (χ3n) is 12.1. The van der Waals surface area contributed by atoms with Gasteiger partial charge in [-0.25, -0.2) is 19.7 Å². The first kappa shape index (κ1) is 50.6. The van der Waals surface area contributed by atoms with Crippen molar-refractivity contribution in [2.24, 2.45) is 5.41 Å². The minimum atomic E-state index is -1.04. The average molecular weight is 971 g/mol.